The van der Waals surface area contributed by atoms with Gasteiger partial charge in [0.25, 0.3) is 5.56 Å². The van der Waals surface area contributed by atoms with E-state index >= 15 is 0 Å². The summed E-state index contributed by atoms with van der Waals surface area (Å²) in [5, 5.41) is 0. The van der Waals surface area contributed by atoms with Gasteiger partial charge >= 0.3 is 5.69 Å². The van der Waals surface area contributed by atoms with E-state index in [0.717, 1.165) is 28.5 Å². The molecule has 2 aromatic rings. The number of ether oxygens (including phenoxy) is 1. The summed E-state index contributed by atoms with van der Waals surface area (Å²) >= 11 is 0. The topological polar surface area (TPSA) is 70.3 Å². The first-order valence-electron chi connectivity index (χ1n) is 7.52. The highest BCUT2D eigenvalue weighted by atomic mass is 16.5. The van der Waals surface area contributed by atoms with Gasteiger partial charge in [-0.25, -0.2) is 4.79 Å². The second-order valence-corrected chi connectivity index (χ2v) is 5.76. The van der Waals surface area contributed by atoms with Crippen molar-refractivity contribution in [1.82, 2.24) is 9.13 Å². The molecular weight excluding hydrogens is 296 g/mol. The van der Waals surface area contributed by atoms with Crippen molar-refractivity contribution in [2.45, 2.75) is 25.9 Å². The van der Waals surface area contributed by atoms with Gasteiger partial charge in [-0.2, -0.15) is 0 Å². The number of aryl methyl sites for hydroxylation is 1. The van der Waals surface area contributed by atoms with Crippen molar-refractivity contribution >= 4 is 5.78 Å². The number of nitrogens with zero attached hydrogens (tertiary/aromatic N) is 2. The van der Waals surface area contributed by atoms with Crippen LogP contribution in [0.2, 0.25) is 0 Å². The average molecular weight is 314 g/mol. The Labute approximate surface area is 132 Å². The molecule has 0 amide bonds. The van der Waals surface area contributed by atoms with E-state index in [4.69, 9.17) is 4.74 Å². The highest BCUT2D eigenvalue weighted by molar-refractivity contribution is 5.98. The normalized spacial score (nSPS) is 13.7. The molecule has 0 saturated heterocycles. The molecule has 3 rings (SSSR count). The Morgan fingerprint density at radius 2 is 1.83 bits per heavy atom. The Kier molecular flexibility index (Phi) is 3.90. The second-order valence-electron chi connectivity index (χ2n) is 5.76. The van der Waals surface area contributed by atoms with Crippen LogP contribution in [0.15, 0.2) is 33.9 Å². The van der Waals surface area contributed by atoms with Gasteiger partial charge in [-0.15, -0.1) is 0 Å². The fraction of sp³-hybridized carbons (Fsp3) is 0.353. The Morgan fingerprint density at radius 1 is 1.04 bits per heavy atom. The van der Waals surface area contributed by atoms with Gasteiger partial charge in [0.1, 0.15) is 12.4 Å². The highest BCUT2D eigenvalue weighted by Gasteiger charge is 2.17. The van der Waals surface area contributed by atoms with Crippen LogP contribution < -0.4 is 16.0 Å². The first-order valence-corrected chi connectivity index (χ1v) is 7.52. The lowest BCUT2D eigenvalue weighted by molar-refractivity contribution is 0.0972. The zero-order valence-electron chi connectivity index (χ0n) is 13.2. The molecule has 0 atom stereocenters. The van der Waals surface area contributed by atoms with E-state index in [0.29, 0.717) is 17.9 Å². The van der Waals surface area contributed by atoms with E-state index in [1.165, 1.54) is 17.7 Å². The van der Waals surface area contributed by atoms with Gasteiger partial charge in [-0.3, -0.25) is 18.7 Å². The smallest absolute Gasteiger partial charge is 0.330 e. The van der Waals surface area contributed by atoms with Gasteiger partial charge < -0.3 is 4.74 Å². The van der Waals surface area contributed by atoms with Crippen LogP contribution in [0.5, 0.6) is 5.75 Å². The van der Waals surface area contributed by atoms with E-state index in [2.05, 4.69) is 0 Å². The van der Waals surface area contributed by atoms with Gasteiger partial charge in [0, 0.05) is 32.1 Å². The zero-order valence-corrected chi connectivity index (χ0v) is 13.2. The van der Waals surface area contributed by atoms with Gasteiger partial charge in [0.2, 0.25) is 0 Å². The first-order chi connectivity index (χ1) is 11.0. The second kappa shape index (κ2) is 5.87. The summed E-state index contributed by atoms with van der Waals surface area (Å²) in [4.78, 5) is 35.4. The van der Waals surface area contributed by atoms with E-state index in [9.17, 15) is 14.4 Å². The predicted molar refractivity (Wildman–Crippen MR) is 85.0 cm³/mol. The molecule has 1 aromatic carbocycles. The monoisotopic (exact) mass is 314 g/mol. The van der Waals surface area contributed by atoms with Crippen molar-refractivity contribution in [1.29, 1.82) is 0 Å². The fourth-order valence-corrected chi connectivity index (χ4v) is 2.79. The Balaban J connectivity index is 1.83. The summed E-state index contributed by atoms with van der Waals surface area (Å²) in [5.74, 6) is 0.804. The van der Waals surface area contributed by atoms with Crippen molar-refractivity contribution in [3.05, 3.63) is 61.9 Å². The van der Waals surface area contributed by atoms with Crippen LogP contribution in [-0.4, -0.2) is 14.9 Å². The molecule has 0 bridgehead atoms. The molecule has 0 N–H and O–H groups in total. The maximum atomic E-state index is 11.9. The van der Waals surface area contributed by atoms with Gasteiger partial charge in [-0.1, -0.05) is 0 Å². The van der Waals surface area contributed by atoms with Crippen molar-refractivity contribution in [3.8, 4) is 5.75 Å². The van der Waals surface area contributed by atoms with Gasteiger partial charge in [-0.05, 0) is 36.6 Å². The zero-order chi connectivity index (χ0) is 16.6. The molecule has 1 aromatic heterocycles. The van der Waals surface area contributed by atoms with Crippen LogP contribution in [-0.2, 0) is 27.1 Å². The standard InChI is InChI=1S/C17H18N2O4/c1-18-12(9-16(21)19(2)17(18)22)10-23-13-6-7-14-11(8-13)4-3-5-15(14)20/h6-9H,3-5,10H2,1-2H3. The maximum absolute atomic E-state index is 11.9. The molecule has 1 aliphatic rings. The molecule has 0 fully saturated rings. The number of hydrogen-bond donors (Lipinski definition) is 0. The maximum Gasteiger partial charge on any atom is 0.330 e. The average Bonchev–Trinajstić information content (AvgIpc) is 2.55. The molecule has 0 radical (unpaired) electrons. The van der Waals surface area contributed by atoms with Crippen molar-refractivity contribution in [3.63, 3.8) is 0 Å². The van der Waals surface area contributed by atoms with E-state index < -0.39 is 0 Å². The van der Waals surface area contributed by atoms with Gasteiger partial charge in [0.05, 0.1) is 5.69 Å². The molecule has 0 spiro atoms. The van der Waals surface area contributed by atoms with E-state index in [1.807, 2.05) is 6.07 Å². The number of benzene rings is 1. The third kappa shape index (κ3) is 2.84. The lowest BCUT2D eigenvalue weighted by atomic mass is 9.90. The van der Waals surface area contributed by atoms with Crippen LogP contribution in [0.3, 0.4) is 0 Å². The highest BCUT2D eigenvalue weighted by Crippen LogP contribution is 2.25. The molecule has 0 aliphatic heterocycles. The van der Waals surface area contributed by atoms with Crippen molar-refractivity contribution in [2.24, 2.45) is 14.1 Å². The summed E-state index contributed by atoms with van der Waals surface area (Å²) in [7, 11) is 3.04. The number of rotatable bonds is 3. The SMILES string of the molecule is Cn1c(COc2ccc3c(c2)CCCC3=O)cc(=O)n(C)c1=O. The molecule has 0 unspecified atom stereocenters. The van der Waals surface area contributed by atoms with Gasteiger partial charge in [0.15, 0.2) is 5.78 Å². The number of carbonyl (C=O) groups is 1. The third-order valence-corrected chi connectivity index (χ3v) is 4.24. The van der Waals surface area contributed by atoms with Crippen LogP contribution >= 0.6 is 0 Å². The number of Topliss-reactive ketones (excluding diaryl/α,β-unsaturated/α-hetero) is 1. The number of hydrogen-bond acceptors (Lipinski definition) is 4. The van der Waals surface area contributed by atoms with Crippen LogP contribution in [0.1, 0.15) is 34.5 Å². The summed E-state index contributed by atoms with van der Waals surface area (Å²) in [6, 6.07) is 6.80. The van der Waals surface area contributed by atoms with Crippen LogP contribution in [0, 0.1) is 0 Å². The van der Waals surface area contributed by atoms with Crippen molar-refractivity contribution in [2.75, 3.05) is 0 Å². The minimum atomic E-state index is -0.382. The third-order valence-electron chi connectivity index (χ3n) is 4.24. The Hall–Kier alpha value is -2.63. The summed E-state index contributed by atoms with van der Waals surface area (Å²) < 4.78 is 8.15. The van der Waals surface area contributed by atoms with Crippen molar-refractivity contribution < 1.29 is 9.53 Å². The van der Waals surface area contributed by atoms with E-state index in [-0.39, 0.29) is 23.6 Å². The number of aromatic nitrogens is 2. The Morgan fingerprint density at radius 3 is 2.61 bits per heavy atom. The number of fused-ring (bicyclic) bond motifs is 1. The Bertz CT molecular complexity index is 892. The number of carbonyl (C=O) groups excluding carboxylic acids is 1. The summed E-state index contributed by atoms with van der Waals surface area (Å²) in [6.07, 6.45) is 2.32. The molecule has 1 heterocycles. The lowest BCUT2D eigenvalue weighted by Crippen LogP contribution is -2.38. The quantitative estimate of drug-likeness (QED) is 0.853. The lowest BCUT2D eigenvalue weighted by Gasteiger charge is -2.16. The summed E-state index contributed by atoms with van der Waals surface area (Å²) in [5.41, 5.74) is 1.53. The molecule has 1 aliphatic carbocycles. The minimum Gasteiger partial charge on any atom is -0.487 e. The number of ketones is 1. The van der Waals surface area contributed by atoms with E-state index in [1.54, 1.807) is 19.2 Å². The molecular formula is C17H18N2O4. The largest absolute Gasteiger partial charge is 0.487 e. The molecule has 23 heavy (non-hydrogen) atoms. The molecule has 6 nitrogen and oxygen atoms in total. The molecule has 120 valence electrons. The first kappa shape index (κ1) is 15.3. The minimum absolute atomic E-state index is 0.120. The predicted octanol–water partition coefficient (Wildman–Crippen LogP) is 1.18. The van der Waals surface area contributed by atoms with Crippen LogP contribution in [0.25, 0.3) is 0 Å². The van der Waals surface area contributed by atoms with Crippen LogP contribution in [0.4, 0.5) is 0 Å². The fourth-order valence-electron chi connectivity index (χ4n) is 2.79. The molecule has 6 heteroatoms. The molecule has 0 saturated carbocycles. The summed E-state index contributed by atoms with van der Waals surface area (Å²) in [6.45, 7) is 0.120.